The zero-order valence-corrected chi connectivity index (χ0v) is 10.1. The Morgan fingerprint density at radius 1 is 1.53 bits per heavy atom. The minimum atomic E-state index is 0. The minimum absolute atomic E-state index is 0. The van der Waals surface area contributed by atoms with Gasteiger partial charge in [-0.25, -0.2) is 0 Å². The van der Waals surface area contributed by atoms with Crippen LogP contribution in [0.2, 0.25) is 0 Å². The first-order valence-electron chi connectivity index (χ1n) is 5.05. The van der Waals surface area contributed by atoms with Gasteiger partial charge in [0.1, 0.15) is 0 Å². The molecule has 0 aliphatic carbocycles. The van der Waals surface area contributed by atoms with Crippen LogP contribution in [0.25, 0.3) is 0 Å². The lowest BCUT2D eigenvalue weighted by Crippen LogP contribution is -2.17. The van der Waals surface area contributed by atoms with Crippen molar-refractivity contribution < 1.29 is 5.11 Å². The third kappa shape index (κ3) is 5.77. The molecule has 4 nitrogen and oxygen atoms in total. The molecule has 0 saturated heterocycles. The summed E-state index contributed by atoms with van der Waals surface area (Å²) in [5.41, 5.74) is 1.17. The number of rotatable bonds is 6. The minimum Gasteiger partial charge on any atom is -0.395 e. The quantitative estimate of drug-likeness (QED) is 0.722. The molecule has 0 atom stereocenters. The van der Waals surface area contributed by atoms with E-state index >= 15 is 0 Å². The van der Waals surface area contributed by atoms with Crippen molar-refractivity contribution in [1.82, 2.24) is 15.1 Å². The molecule has 5 heteroatoms. The Kier molecular flexibility index (Phi) is 7.38. The van der Waals surface area contributed by atoms with Crippen molar-refractivity contribution in [3.05, 3.63) is 18.0 Å². The van der Waals surface area contributed by atoms with E-state index in [4.69, 9.17) is 5.11 Å². The first-order valence-corrected chi connectivity index (χ1v) is 5.05. The molecule has 0 aliphatic rings. The maximum absolute atomic E-state index is 8.59. The Labute approximate surface area is 97.1 Å². The van der Waals surface area contributed by atoms with E-state index in [-0.39, 0.29) is 19.0 Å². The van der Waals surface area contributed by atoms with Gasteiger partial charge in [0.25, 0.3) is 0 Å². The molecule has 88 valence electrons. The molecule has 0 bridgehead atoms. The van der Waals surface area contributed by atoms with Crippen molar-refractivity contribution in [1.29, 1.82) is 0 Å². The summed E-state index contributed by atoms with van der Waals surface area (Å²) in [7, 11) is 0. The van der Waals surface area contributed by atoms with Gasteiger partial charge in [0.05, 0.1) is 12.8 Å². The average molecular weight is 234 g/mol. The summed E-state index contributed by atoms with van der Waals surface area (Å²) in [5, 5.41) is 15.9. The highest BCUT2D eigenvalue weighted by atomic mass is 35.5. The van der Waals surface area contributed by atoms with Gasteiger partial charge in [-0.1, -0.05) is 13.8 Å². The van der Waals surface area contributed by atoms with E-state index in [9.17, 15) is 0 Å². The van der Waals surface area contributed by atoms with E-state index in [1.54, 1.807) is 0 Å². The Hall–Kier alpha value is -0.580. The fourth-order valence-electron chi connectivity index (χ4n) is 1.28. The topological polar surface area (TPSA) is 50.1 Å². The normalized spacial score (nSPS) is 10.4. The molecule has 0 saturated carbocycles. The molecule has 0 radical (unpaired) electrons. The second-order valence-electron chi connectivity index (χ2n) is 3.86. The predicted molar refractivity (Wildman–Crippen MR) is 63.1 cm³/mol. The maximum Gasteiger partial charge on any atom is 0.0556 e. The number of nitrogens with one attached hydrogen (secondary N) is 1. The molecule has 1 aromatic rings. The third-order valence-corrected chi connectivity index (χ3v) is 1.86. The van der Waals surface area contributed by atoms with Crippen molar-refractivity contribution in [3.8, 4) is 0 Å². The van der Waals surface area contributed by atoms with Crippen molar-refractivity contribution in [2.45, 2.75) is 26.9 Å². The number of nitrogens with zero attached hydrogens (tertiary/aromatic N) is 2. The predicted octanol–water partition coefficient (Wildman–Crippen LogP) is 1.04. The number of hydrogen-bond acceptors (Lipinski definition) is 3. The Morgan fingerprint density at radius 2 is 2.27 bits per heavy atom. The second-order valence-corrected chi connectivity index (χ2v) is 3.86. The second kappa shape index (κ2) is 7.68. The molecule has 0 spiro atoms. The molecule has 0 fully saturated rings. The van der Waals surface area contributed by atoms with Gasteiger partial charge < -0.3 is 10.4 Å². The highest BCUT2D eigenvalue weighted by molar-refractivity contribution is 5.85. The molecule has 1 rings (SSSR count). The van der Waals surface area contributed by atoms with Crippen LogP contribution in [0.15, 0.2) is 12.4 Å². The lowest BCUT2D eigenvalue weighted by molar-refractivity contribution is 0.292. The number of aliphatic hydroxyl groups is 1. The summed E-state index contributed by atoms with van der Waals surface area (Å²) in [5.74, 6) is 0.619. The van der Waals surface area contributed by atoms with Crippen molar-refractivity contribution in [2.24, 2.45) is 5.92 Å². The van der Waals surface area contributed by atoms with Gasteiger partial charge >= 0.3 is 0 Å². The van der Waals surface area contributed by atoms with E-state index in [2.05, 4.69) is 24.3 Å². The van der Waals surface area contributed by atoms with Gasteiger partial charge in [-0.2, -0.15) is 5.10 Å². The Morgan fingerprint density at radius 3 is 2.87 bits per heavy atom. The third-order valence-electron chi connectivity index (χ3n) is 1.86. The molecule has 1 heterocycles. The zero-order valence-electron chi connectivity index (χ0n) is 9.31. The zero-order chi connectivity index (χ0) is 10.4. The largest absolute Gasteiger partial charge is 0.395 e. The fourth-order valence-corrected chi connectivity index (χ4v) is 1.28. The van der Waals surface area contributed by atoms with E-state index in [0.717, 1.165) is 13.1 Å². The van der Waals surface area contributed by atoms with E-state index in [1.807, 2.05) is 17.1 Å². The van der Waals surface area contributed by atoms with Crippen LogP contribution in [0, 0.1) is 5.92 Å². The number of hydrogen-bond donors (Lipinski definition) is 2. The smallest absolute Gasteiger partial charge is 0.0556 e. The summed E-state index contributed by atoms with van der Waals surface area (Å²) in [4.78, 5) is 0. The highest BCUT2D eigenvalue weighted by Crippen LogP contribution is 2.01. The fraction of sp³-hybridized carbons (Fsp3) is 0.700. The lowest BCUT2D eigenvalue weighted by Gasteiger charge is -2.03. The summed E-state index contributed by atoms with van der Waals surface area (Å²) in [6.07, 6.45) is 3.91. The van der Waals surface area contributed by atoms with Gasteiger partial charge in [0, 0.05) is 31.4 Å². The molecular weight excluding hydrogens is 214 g/mol. The standard InChI is InChI=1S/C10H19N3O.ClH/c1-9(2)7-13-8-10(6-12-13)5-11-3-4-14;/h6,8-9,11,14H,3-5,7H2,1-2H3;1H. The van der Waals surface area contributed by atoms with Gasteiger partial charge in [0.2, 0.25) is 0 Å². The van der Waals surface area contributed by atoms with Crippen molar-refractivity contribution in [3.63, 3.8) is 0 Å². The summed E-state index contributed by atoms with van der Waals surface area (Å²) < 4.78 is 1.96. The van der Waals surface area contributed by atoms with Crippen molar-refractivity contribution in [2.75, 3.05) is 13.2 Å². The SMILES string of the molecule is CC(C)Cn1cc(CNCCO)cn1.Cl. The number of aromatic nitrogens is 2. The maximum atomic E-state index is 8.59. The lowest BCUT2D eigenvalue weighted by atomic mass is 10.2. The average Bonchev–Trinajstić information content (AvgIpc) is 2.52. The van der Waals surface area contributed by atoms with Crippen LogP contribution in [0.5, 0.6) is 0 Å². The van der Waals surface area contributed by atoms with Crippen LogP contribution in [0.4, 0.5) is 0 Å². The number of aliphatic hydroxyl groups excluding tert-OH is 1. The van der Waals surface area contributed by atoms with Crippen LogP contribution < -0.4 is 5.32 Å². The van der Waals surface area contributed by atoms with Crippen LogP contribution >= 0.6 is 12.4 Å². The van der Waals surface area contributed by atoms with E-state index < -0.39 is 0 Å². The molecule has 0 aromatic carbocycles. The Balaban J connectivity index is 0.00000196. The summed E-state index contributed by atoms with van der Waals surface area (Å²) in [6, 6.07) is 0. The van der Waals surface area contributed by atoms with Crippen LogP contribution in [0.3, 0.4) is 0 Å². The summed E-state index contributed by atoms with van der Waals surface area (Å²) in [6.45, 7) is 6.89. The molecule has 0 unspecified atom stereocenters. The first kappa shape index (κ1) is 14.4. The molecule has 0 amide bonds. The highest BCUT2D eigenvalue weighted by Gasteiger charge is 1.99. The monoisotopic (exact) mass is 233 g/mol. The Bertz CT molecular complexity index is 263. The van der Waals surface area contributed by atoms with Gasteiger partial charge in [-0.15, -0.1) is 12.4 Å². The summed E-state index contributed by atoms with van der Waals surface area (Å²) >= 11 is 0. The molecule has 2 N–H and O–H groups in total. The van der Waals surface area contributed by atoms with E-state index in [0.29, 0.717) is 12.5 Å². The van der Waals surface area contributed by atoms with Crippen molar-refractivity contribution >= 4 is 12.4 Å². The van der Waals surface area contributed by atoms with Crippen LogP contribution in [-0.2, 0) is 13.1 Å². The van der Waals surface area contributed by atoms with Gasteiger partial charge in [0.15, 0.2) is 0 Å². The molecule has 1 aromatic heterocycles. The molecule has 15 heavy (non-hydrogen) atoms. The number of halogens is 1. The van der Waals surface area contributed by atoms with E-state index in [1.165, 1.54) is 5.56 Å². The first-order chi connectivity index (χ1) is 6.72. The molecular formula is C10H20ClN3O. The van der Waals surface area contributed by atoms with Gasteiger partial charge in [-0.05, 0) is 5.92 Å². The van der Waals surface area contributed by atoms with Gasteiger partial charge in [-0.3, -0.25) is 4.68 Å². The molecule has 0 aliphatic heterocycles. The van der Waals surface area contributed by atoms with Crippen LogP contribution in [0.1, 0.15) is 19.4 Å². The van der Waals surface area contributed by atoms with Crippen LogP contribution in [-0.4, -0.2) is 28.0 Å².